The van der Waals surface area contributed by atoms with Gasteiger partial charge in [-0.2, -0.15) is 0 Å². The van der Waals surface area contributed by atoms with Gasteiger partial charge in [0, 0.05) is 91.0 Å². The molecule has 0 amide bonds. The van der Waals surface area contributed by atoms with E-state index in [9.17, 15) is 34.3 Å². The summed E-state index contributed by atoms with van der Waals surface area (Å²) in [6, 6.07) is 19.3. The monoisotopic (exact) mass is 1690 g/mol. The molecule has 15 heterocycles. The Kier molecular flexibility index (Phi) is 22.9. The van der Waals surface area contributed by atoms with Crippen molar-refractivity contribution < 1.29 is 48.5 Å². The molecule has 23 nitrogen and oxygen atoms in total. The Morgan fingerprint density at radius 1 is 0.322 bits per heavy atom. The fourth-order valence-corrected chi connectivity index (χ4v) is 22.9. The zero-order valence-corrected chi connectivity index (χ0v) is 71.0. The van der Waals surface area contributed by atoms with Gasteiger partial charge in [0.25, 0.3) is 0 Å². The third-order valence-corrected chi connectivity index (χ3v) is 31.1. The van der Waals surface area contributed by atoms with Gasteiger partial charge in [-0.3, -0.25) is 0 Å². The van der Waals surface area contributed by atoms with Crippen LogP contribution < -0.4 is 14.2 Å². The van der Waals surface area contributed by atoms with Gasteiger partial charge < -0.3 is 62.6 Å². The van der Waals surface area contributed by atoms with Gasteiger partial charge in [0.1, 0.15) is 10.3 Å². The van der Waals surface area contributed by atoms with Crippen molar-refractivity contribution in [3.8, 4) is 73.9 Å². The first-order valence-electron chi connectivity index (χ1n) is 44.6. The molecule has 13 aliphatic rings. The van der Waals surface area contributed by atoms with E-state index >= 15 is 0 Å². The van der Waals surface area contributed by atoms with Crippen LogP contribution in [0.2, 0.25) is 10.3 Å². The Balaban J connectivity index is 0.0000000999. The second kappa shape index (κ2) is 33.8. The first kappa shape index (κ1) is 82.1. The van der Waals surface area contributed by atoms with Gasteiger partial charge in [0.05, 0.1) is 202 Å². The van der Waals surface area contributed by atoms with Crippen LogP contribution in [0.25, 0.3) is 56.3 Å². The van der Waals surface area contributed by atoms with Crippen LogP contribution in [0, 0.1) is 45.8 Å². The van der Waals surface area contributed by atoms with Crippen LogP contribution in [0.5, 0.6) is 17.6 Å². The van der Waals surface area contributed by atoms with Gasteiger partial charge in [-0.15, -0.1) is 0 Å². The highest BCUT2D eigenvalue weighted by Gasteiger charge is 2.50. The van der Waals surface area contributed by atoms with E-state index in [1.54, 1.807) is 39.9 Å². The molecule has 10 atom stereocenters. The fraction of sp³-hybridized carbons (Fsp3) is 0.574. The predicted molar refractivity (Wildman–Crippen MR) is 455 cm³/mol. The van der Waals surface area contributed by atoms with Crippen LogP contribution in [0.15, 0.2) is 123 Å². The molecule has 0 saturated heterocycles. The number of rotatable bonds is 18. The van der Waals surface area contributed by atoms with E-state index in [2.05, 4.69) is 86.3 Å². The summed E-state index contributed by atoms with van der Waals surface area (Å²) in [5.41, 5.74) is 17.5. The maximum absolute atomic E-state index is 13.3. The molecule has 0 bridgehead atoms. The Hall–Kier alpha value is -8.56. The van der Waals surface area contributed by atoms with Crippen molar-refractivity contribution in [3.05, 3.63) is 162 Å². The molecule has 10 aromatic rings. The summed E-state index contributed by atoms with van der Waals surface area (Å²) in [5, 5.41) is 55.1. The standard InChI is InChI=1S/3C20H25N3O2.C17H18ClF2N3O.C17H20ClN3O/c3*1-25-18-3-2-14-16-11-21-12-23(16)15(19(14)22-18)10-17(24)13-4-6-20(7-5-13)8-9-20;18-15-2-1-11-13-8-21-9-23(13)12(16(11)22-15)7-14(24)10-3-5-17(19,20)6-4-10;18-16-7-6-12-14-9-19-10-21(14)13(17(12)20-16)8-15(22)11-4-2-1-3-5-11/h3*2-3,11-13,15,17,24H,4-10H2,1H3;1-2,8-10,12,14,24H,3-7H2;6-7,9-11,13,15,22H,1-5,8H2. The third-order valence-electron chi connectivity index (χ3n) is 30.7. The average molecular weight is 1690 g/mol. The maximum Gasteiger partial charge on any atom is 0.248 e. The summed E-state index contributed by atoms with van der Waals surface area (Å²) in [5.74, 6) is 0.904. The molecule has 3 spiro atoms. The minimum atomic E-state index is -2.58. The lowest BCUT2D eigenvalue weighted by molar-refractivity contribution is -0.0639. The van der Waals surface area contributed by atoms with Crippen LogP contribution in [0.1, 0.15) is 264 Å². The number of alkyl halides is 2. The van der Waals surface area contributed by atoms with Crippen LogP contribution in [-0.4, -0.2) is 156 Å². The van der Waals surface area contributed by atoms with Crippen molar-refractivity contribution in [2.75, 3.05) is 21.3 Å². The number of aromatic nitrogens is 15. The van der Waals surface area contributed by atoms with E-state index in [4.69, 9.17) is 37.4 Å². The number of fused-ring (bicyclic) bond motifs is 15. The van der Waals surface area contributed by atoms with Crippen molar-refractivity contribution in [2.45, 2.75) is 272 Å². The third kappa shape index (κ3) is 16.6. The Morgan fingerprint density at radius 3 is 0.802 bits per heavy atom. The number of imidazole rings is 5. The average Bonchev–Trinajstić information content (AvgIpc) is 1.59. The molecule has 27 heteroatoms. The van der Waals surface area contributed by atoms with Gasteiger partial charge >= 0.3 is 0 Å². The summed E-state index contributed by atoms with van der Waals surface area (Å²) in [4.78, 5) is 44.4. The van der Waals surface area contributed by atoms with Gasteiger partial charge in [-0.25, -0.2) is 58.6 Å². The summed E-state index contributed by atoms with van der Waals surface area (Å²) in [6.45, 7) is 0. The van der Waals surface area contributed by atoms with E-state index in [0.29, 0.717) is 113 Å². The second-order valence-electron chi connectivity index (χ2n) is 37.6. The highest BCUT2D eigenvalue weighted by atomic mass is 35.5. The van der Waals surface area contributed by atoms with Crippen LogP contribution >= 0.6 is 23.2 Å². The van der Waals surface area contributed by atoms with E-state index in [0.717, 1.165) is 97.6 Å². The SMILES string of the molecule is COc1ccc2c(n1)C(CC(O)C1CCC3(CC1)CC3)n1cncc1-2.COc1ccc2c(n1)C(CC(O)C1CCC3(CC1)CC3)n1cncc1-2.COc1ccc2c(n1)C(CC(O)C1CCC3(CC1)CC3)n1cncc1-2.OC(CC1c2nc(Cl)ccc2-c2cncn21)C1CCC(F)(F)CC1.OC(CC1c2nc(Cl)ccc2-c2cncn21)C1CCCCC1. The van der Waals surface area contributed by atoms with Crippen molar-refractivity contribution in [1.82, 2.24) is 72.7 Å². The van der Waals surface area contributed by atoms with Crippen molar-refractivity contribution in [1.29, 1.82) is 0 Å². The molecule has 10 aromatic heterocycles. The number of methoxy groups -OCH3 is 3. The molecule has 5 N–H and O–H groups in total. The number of hydrogen-bond donors (Lipinski definition) is 5. The van der Waals surface area contributed by atoms with E-state index in [1.165, 1.54) is 135 Å². The molecule has 0 aromatic carbocycles. The van der Waals surface area contributed by atoms with Crippen LogP contribution in [-0.2, 0) is 0 Å². The lowest BCUT2D eigenvalue weighted by atomic mass is 9.76. The number of pyridine rings is 5. The van der Waals surface area contributed by atoms with Crippen molar-refractivity contribution in [3.63, 3.8) is 0 Å². The minimum absolute atomic E-state index is 0.0446. The highest BCUT2D eigenvalue weighted by molar-refractivity contribution is 6.29. The smallest absolute Gasteiger partial charge is 0.248 e. The van der Waals surface area contributed by atoms with Crippen LogP contribution in [0.3, 0.4) is 0 Å². The number of halogens is 4. The first-order chi connectivity index (χ1) is 58.7. The molecule has 8 aliphatic carbocycles. The largest absolute Gasteiger partial charge is 0.481 e. The quantitative estimate of drug-likeness (QED) is 0.0499. The number of hydrogen-bond acceptors (Lipinski definition) is 18. The van der Waals surface area contributed by atoms with Crippen LogP contribution in [0.4, 0.5) is 8.78 Å². The topological polar surface area (TPSA) is 282 Å². The lowest BCUT2D eigenvalue weighted by Gasteiger charge is -2.32. The minimum Gasteiger partial charge on any atom is -0.481 e. The molecule has 23 rings (SSSR count). The van der Waals surface area contributed by atoms with E-state index < -0.39 is 12.0 Å². The second-order valence-corrected chi connectivity index (χ2v) is 38.4. The molecule has 640 valence electrons. The summed E-state index contributed by atoms with van der Waals surface area (Å²) >= 11 is 12.1. The van der Waals surface area contributed by atoms with E-state index in [1.807, 2.05) is 91.1 Å². The summed E-state index contributed by atoms with van der Waals surface area (Å²) in [6.07, 6.45) is 49.7. The fourth-order valence-electron chi connectivity index (χ4n) is 22.6. The van der Waals surface area contributed by atoms with E-state index in [-0.39, 0.29) is 73.4 Å². The molecular formula is C94H113Cl2F2N15O8. The zero-order valence-electron chi connectivity index (χ0n) is 69.5. The van der Waals surface area contributed by atoms with Gasteiger partial charge in [-0.05, 0) is 230 Å². The number of nitrogens with zero attached hydrogens (tertiary/aromatic N) is 15. The van der Waals surface area contributed by atoms with Crippen molar-refractivity contribution >= 4 is 23.2 Å². The predicted octanol–water partition coefficient (Wildman–Crippen LogP) is 18.6. The Morgan fingerprint density at radius 2 is 0.554 bits per heavy atom. The number of ether oxygens (including phenoxy) is 3. The van der Waals surface area contributed by atoms with Gasteiger partial charge in [-0.1, -0.05) is 42.5 Å². The lowest BCUT2D eigenvalue weighted by Crippen LogP contribution is -2.32. The van der Waals surface area contributed by atoms with Gasteiger partial charge in [0.2, 0.25) is 23.6 Å². The zero-order chi connectivity index (χ0) is 83.1. The normalized spacial score (nSPS) is 24.1. The van der Waals surface area contributed by atoms with Crippen molar-refractivity contribution in [2.24, 2.45) is 45.8 Å². The molecule has 8 saturated carbocycles. The first-order valence-corrected chi connectivity index (χ1v) is 45.4. The van der Waals surface area contributed by atoms with Gasteiger partial charge in [0.15, 0.2) is 0 Å². The number of aliphatic hydroxyl groups excluding tert-OH is 5. The summed E-state index contributed by atoms with van der Waals surface area (Å²) < 4.78 is 53.2. The Bertz CT molecular complexity index is 4980. The molecule has 8 fully saturated rings. The highest BCUT2D eigenvalue weighted by Crippen LogP contribution is 2.61. The molecule has 121 heavy (non-hydrogen) atoms. The maximum atomic E-state index is 13.3. The molecule has 5 aliphatic heterocycles. The Labute approximate surface area is 715 Å². The number of aliphatic hydroxyl groups is 5. The molecule has 0 radical (unpaired) electrons. The molecule has 10 unspecified atom stereocenters. The summed E-state index contributed by atoms with van der Waals surface area (Å²) in [7, 11) is 4.93. The molecular weight excluding hydrogens is 1580 g/mol.